The number of hydrogen-bond donors (Lipinski definition) is 3. The molecule has 12 unspecified atom stereocenters. The first kappa shape index (κ1) is 38.2. The molecule has 0 aromatic carbocycles. The summed E-state index contributed by atoms with van der Waals surface area (Å²) in [5.74, 6) is -3.43. The third kappa shape index (κ3) is 9.27. The van der Waals surface area contributed by atoms with E-state index in [-0.39, 0.29) is 36.0 Å². The van der Waals surface area contributed by atoms with Gasteiger partial charge in [-0.05, 0) is 38.7 Å². The van der Waals surface area contributed by atoms with Gasteiger partial charge in [0.05, 0.1) is 31.5 Å². The molecule has 2 aliphatic rings. The van der Waals surface area contributed by atoms with Crippen molar-refractivity contribution in [2.45, 2.75) is 117 Å². The molecule has 0 aromatic rings. The van der Waals surface area contributed by atoms with E-state index in [1.807, 2.05) is 66.7 Å². The van der Waals surface area contributed by atoms with Gasteiger partial charge in [-0.15, -0.1) is 0 Å². The molecular formula is C35H58O9. The molecule has 0 bridgehead atoms. The van der Waals surface area contributed by atoms with Gasteiger partial charge in [0, 0.05) is 44.3 Å². The van der Waals surface area contributed by atoms with E-state index in [1.165, 1.54) is 21.3 Å². The highest BCUT2D eigenvalue weighted by Crippen LogP contribution is 2.42. The molecule has 44 heavy (non-hydrogen) atoms. The maximum atomic E-state index is 13.5. The van der Waals surface area contributed by atoms with E-state index in [0.29, 0.717) is 12.8 Å². The second-order valence-electron chi connectivity index (χ2n) is 13.0. The fourth-order valence-electron chi connectivity index (χ4n) is 6.60. The Hall–Kier alpha value is -2.01. The monoisotopic (exact) mass is 622 g/mol. The highest BCUT2D eigenvalue weighted by atomic mass is 16.7. The molecule has 0 aromatic heterocycles. The Bertz CT molecular complexity index is 1050. The van der Waals surface area contributed by atoms with Crippen LogP contribution in [0.15, 0.2) is 47.3 Å². The molecule has 0 aliphatic carbocycles. The molecule has 12 atom stereocenters. The second-order valence-corrected chi connectivity index (χ2v) is 13.0. The zero-order valence-electron chi connectivity index (χ0n) is 28.7. The number of rotatable bonds is 8. The average Bonchev–Trinajstić information content (AvgIpc) is 3.00. The summed E-state index contributed by atoms with van der Waals surface area (Å²) in [6.07, 6.45) is 6.50. The topological polar surface area (TPSA) is 124 Å². The smallest absolute Gasteiger partial charge is 0.373 e. The van der Waals surface area contributed by atoms with E-state index in [4.69, 9.17) is 23.7 Å². The van der Waals surface area contributed by atoms with Crippen molar-refractivity contribution in [3.8, 4) is 0 Å². The molecule has 2 aliphatic heterocycles. The number of carbonyl (C=O) groups is 1. The van der Waals surface area contributed by atoms with Gasteiger partial charge >= 0.3 is 5.97 Å². The predicted octanol–water partition coefficient (Wildman–Crippen LogP) is 5.10. The number of allylic oxidation sites excluding steroid dienone is 5. The zero-order chi connectivity index (χ0) is 33.4. The summed E-state index contributed by atoms with van der Waals surface area (Å²) in [5, 5.41) is 33.6. The van der Waals surface area contributed by atoms with E-state index in [2.05, 4.69) is 0 Å². The quantitative estimate of drug-likeness (QED) is 0.317. The zero-order valence-corrected chi connectivity index (χ0v) is 28.7. The van der Waals surface area contributed by atoms with Crippen molar-refractivity contribution in [1.29, 1.82) is 0 Å². The highest BCUT2D eigenvalue weighted by Gasteiger charge is 2.52. The third-order valence-corrected chi connectivity index (χ3v) is 9.64. The number of hydrogen-bond acceptors (Lipinski definition) is 9. The Labute approximate surface area is 264 Å². The van der Waals surface area contributed by atoms with Gasteiger partial charge in [-0.25, -0.2) is 4.79 Å². The summed E-state index contributed by atoms with van der Waals surface area (Å²) in [4.78, 5) is 13.5. The molecule has 1 fully saturated rings. The molecular weight excluding hydrogens is 564 g/mol. The van der Waals surface area contributed by atoms with Gasteiger partial charge in [-0.3, -0.25) is 0 Å². The molecule has 9 heteroatoms. The maximum Gasteiger partial charge on any atom is 0.373 e. The Kier molecular flexibility index (Phi) is 14.8. The van der Waals surface area contributed by atoms with E-state index < -0.39 is 54.1 Å². The summed E-state index contributed by atoms with van der Waals surface area (Å²) in [6.45, 7) is 15.4. The van der Waals surface area contributed by atoms with Gasteiger partial charge in [-0.2, -0.15) is 0 Å². The van der Waals surface area contributed by atoms with Gasteiger partial charge in [0.1, 0.15) is 12.2 Å². The van der Waals surface area contributed by atoms with Crippen LogP contribution in [0.2, 0.25) is 0 Å². The van der Waals surface area contributed by atoms with Gasteiger partial charge in [0.15, 0.2) is 5.79 Å². The number of aliphatic hydroxyl groups excluding tert-OH is 3. The highest BCUT2D eigenvalue weighted by molar-refractivity contribution is 5.87. The molecule has 3 N–H and O–H groups in total. The first-order valence-corrected chi connectivity index (χ1v) is 15.9. The lowest BCUT2D eigenvalue weighted by Crippen LogP contribution is -2.59. The molecule has 9 nitrogen and oxygen atoms in total. The van der Waals surface area contributed by atoms with Gasteiger partial charge in [0.25, 0.3) is 0 Å². The summed E-state index contributed by atoms with van der Waals surface area (Å²) >= 11 is 0. The van der Waals surface area contributed by atoms with Crippen LogP contribution in [0.1, 0.15) is 74.7 Å². The molecule has 2 heterocycles. The van der Waals surface area contributed by atoms with Crippen LogP contribution in [-0.2, 0) is 28.5 Å². The minimum atomic E-state index is -1.24. The van der Waals surface area contributed by atoms with Crippen LogP contribution in [0.5, 0.6) is 0 Å². The van der Waals surface area contributed by atoms with Crippen LogP contribution in [0, 0.1) is 29.6 Å². The SMILES string of the molecule is CCC1OC(OC)(C(C)C(O)C(C)C2OC(=O)C(OC)=CC(C)=CC(C)C(O)C(C)CC(C)=CC=CC2OC)CC(O)C1C. The van der Waals surface area contributed by atoms with Crippen molar-refractivity contribution in [3.63, 3.8) is 0 Å². The standard InChI is InChI=1S/C35H58O9/c1-12-28-24(6)27(36)19-35(42-11,44-28)26(8)32(38)25(7)33-29(40-9)15-13-14-20(2)16-22(4)31(37)23(5)17-21(3)18-30(41-10)34(39)43-33/h13-15,17-18,22-29,31-33,36-38H,12,16,19H2,1-11H3. The van der Waals surface area contributed by atoms with Crippen LogP contribution in [0.3, 0.4) is 0 Å². The minimum absolute atomic E-state index is 0.00833. The summed E-state index contributed by atoms with van der Waals surface area (Å²) < 4.78 is 29.7. The number of methoxy groups -OCH3 is 3. The largest absolute Gasteiger partial charge is 0.490 e. The van der Waals surface area contributed by atoms with E-state index >= 15 is 0 Å². The molecule has 0 radical (unpaired) electrons. The summed E-state index contributed by atoms with van der Waals surface area (Å²) in [7, 11) is 4.45. The third-order valence-electron chi connectivity index (χ3n) is 9.64. The van der Waals surface area contributed by atoms with Crippen molar-refractivity contribution in [1.82, 2.24) is 0 Å². The van der Waals surface area contributed by atoms with Crippen molar-refractivity contribution < 1.29 is 43.8 Å². The van der Waals surface area contributed by atoms with Crippen LogP contribution >= 0.6 is 0 Å². The molecule has 1 saturated heterocycles. The minimum Gasteiger partial charge on any atom is -0.490 e. The van der Waals surface area contributed by atoms with Gasteiger partial charge in [0.2, 0.25) is 5.76 Å². The first-order valence-electron chi connectivity index (χ1n) is 15.9. The van der Waals surface area contributed by atoms with Crippen LogP contribution in [0.25, 0.3) is 0 Å². The molecule has 0 spiro atoms. The Morgan fingerprint density at radius 2 is 1.77 bits per heavy atom. The molecule has 2 rings (SSSR count). The molecule has 0 amide bonds. The number of aliphatic hydroxyl groups is 3. The van der Waals surface area contributed by atoms with Crippen molar-refractivity contribution >= 4 is 5.97 Å². The normalized spacial score (nSPS) is 36.8. The molecule has 252 valence electrons. The summed E-state index contributed by atoms with van der Waals surface area (Å²) in [6, 6.07) is 0. The van der Waals surface area contributed by atoms with E-state index in [0.717, 1.165) is 11.1 Å². The first-order chi connectivity index (χ1) is 20.7. The summed E-state index contributed by atoms with van der Waals surface area (Å²) in [5.41, 5.74) is 1.82. The number of ether oxygens (including phenoxy) is 5. The lowest BCUT2D eigenvalue weighted by atomic mass is 9.77. The van der Waals surface area contributed by atoms with Crippen molar-refractivity contribution in [2.75, 3.05) is 21.3 Å². The lowest BCUT2D eigenvalue weighted by Gasteiger charge is -2.50. The Balaban J connectivity index is 2.54. The van der Waals surface area contributed by atoms with Crippen molar-refractivity contribution in [2.24, 2.45) is 29.6 Å². The van der Waals surface area contributed by atoms with Crippen molar-refractivity contribution in [3.05, 3.63) is 47.3 Å². The van der Waals surface area contributed by atoms with E-state index in [1.54, 1.807) is 19.1 Å². The second kappa shape index (κ2) is 17.1. The van der Waals surface area contributed by atoms with Crippen LogP contribution in [-0.4, -0.2) is 85.0 Å². The Morgan fingerprint density at radius 3 is 2.34 bits per heavy atom. The maximum absolute atomic E-state index is 13.5. The average molecular weight is 623 g/mol. The van der Waals surface area contributed by atoms with Gasteiger partial charge < -0.3 is 39.0 Å². The fraction of sp³-hybridized carbons (Fsp3) is 0.743. The number of cyclic esters (lactones) is 1. The Morgan fingerprint density at radius 1 is 1.11 bits per heavy atom. The van der Waals surface area contributed by atoms with Crippen LogP contribution in [0.4, 0.5) is 0 Å². The lowest BCUT2D eigenvalue weighted by molar-refractivity contribution is -0.333. The fourth-order valence-corrected chi connectivity index (χ4v) is 6.60. The van der Waals surface area contributed by atoms with Crippen LogP contribution < -0.4 is 0 Å². The predicted molar refractivity (Wildman–Crippen MR) is 170 cm³/mol. The van der Waals surface area contributed by atoms with Gasteiger partial charge in [-0.1, -0.05) is 77.0 Å². The number of esters is 1. The molecule has 0 saturated carbocycles. The number of carbonyl (C=O) groups excluding carboxylic acids is 1. The van der Waals surface area contributed by atoms with E-state index in [9.17, 15) is 20.1 Å².